The van der Waals surface area contributed by atoms with Crippen LogP contribution in [-0.4, -0.2) is 0 Å². The van der Waals surface area contributed by atoms with E-state index in [0.29, 0.717) is 0 Å². The maximum atomic E-state index is 6.44. The smallest absolute Gasteiger partial charge is 0.0513 e. The lowest BCUT2D eigenvalue weighted by Gasteiger charge is -2.19. The van der Waals surface area contributed by atoms with Gasteiger partial charge in [-0.25, -0.2) is 0 Å². The average molecular weight is 229 g/mol. The number of hydrogen-bond acceptors (Lipinski definition) is 1. The molecule has 1 aliphatic rings. The number of hydrogen-bond donors (Lipinski definition) is 1. The van der Waals surface area contributed by atoms with E-state index in [0.717, 1.165) is 0 Å². The highest BCUT2D eigenvalue weighted by atomic mass is 14.6. The maximum absolute atomic E-state index is 6.44. The minimum Gasteiger partial charge on any atom is -0.321 e. The quantitative estimate of drug-likeness (QED) is 0.756. The first-order valence-electron chi connectivity index (χ1n) is 6.71. The van der Waals surface area contributed by atoms with Crippen molar-refractivity contribution in [2.45, 2.75) is 52.0 Å². The lowest BCUT2D eigenvalue weighted by molar-refractivity contribution is 0.687. The minimum atomic E-state index is 0.105. The van der Waals surface area contributed by atoms with E-state index in [2.05, 4.69) is 38.1 Å². The van der Waals surface area contributed by atoms with Gasteiger partial charge in [0.25, 0.3) is 0 Å². The van der Waals surface area contributed by atoms with Crippen LogP contribution in [0.25, 0.3) is 0 Å². The predicted octanol–water partition coefficient (Wildman–Crippen LogP) is 4.19. The SMILES string of the molecule is Cc1cccc(C(N)C2=CCCCCC2)c1C. The topological polar surface area (TPSA) is 26.0 Å². The van der Waals surface area contributed by atoms with E-state index in [-0.39, 0.29) is 6.04 Å². The number of nitrogens with two attached hydrogens (primary N) is 1. The Morgan fingerprint density at radius 3 is 2.76 bits per heavy atom. The van der Waals surface area contributed by atoms with Crippen LogP contribution in [0.2, 0.25) is 0 Å². The molecule has 0 fully saturated rings. The van der Waals surface area contributed by atoms with E-state index >= 15 is 0 Å². The third-order valence-corrected chi connectivity index (χ3v) is 3.96. The fourth-order valence-corrected chi connectivity index (χ4v) is 2.63. The van der Waals surface area contributed by atoms with Gasteiger partial charge in [-0.3, -0.25) is 0 Å². The Bertz CT molecular complexity index is 418. The highest BCUT2D eigenvalue weighted by molar-refractivity contribution is 5.39. The average Bonchev–Trinajstić information content (AvgIpc) is 2.60. The predicted molar refractivity (Wildman–Crippen MR) is 74.0 cm³/mol. The van der Waals surface area contributed by atoms with E-state index in [1.54, 1.807) is 0 Å². The summed E-state index contributed by atoms with van der Waals surface area (Å²) < 4.78 is 0. The van der Waals surface area contributed by atoms with E-state index < -0.39 is 0 Å². The lowest BCUT2D eigenvalue weighted by Crippen LogP contribution is -2.15. The second-order valence-electron chi connectivity index (χ2n) is 5.15. The molecule has 1 aromatic rings. The number of allylic oxidation sites excluding steroid dienone is 1. The van der Waals surface area contributed by atoms with Crippen molar-refractivity contribution in [3.63, 3.8) is 0 Å². The summed E-state index contributed by atoms with van der Waals surface area (Å²) in [7, 11) is 0. The molecule has 0 heterocycles. The monoisotopic (exact) mass is 229 g/mol. The molecule has 0 spiro atoms. The summed E-state index contributed by atoms with van der Waals surface area (Å²) in [5.74, 6) is 0. The molecule has 0 saturated carbocycles. The Labute approximate surface area is 105 Å². The molecule has 92 valence electrons. The molecule has 0 aliphatic heterocycles. The highest BCUT2D eigenvalue weighted by Gasteiger charge is 2.15. The van der Waals surface area contributed by atoms with Crippen molar-refractivity contribution in [2.75, 3.05) is 0 Å². The van der Waals surface area contributed by atoms with Crippen LogP contribution in [0.15, 0.2) is 29.8 Å². The van der Waals surface area contributed by atoms with Crippen molar-refractivity contribution in [3.05, 3.63) is 46.5 Å². The number of rotatable bonds is 2. The van der Waals surface area contributed by atoms with E-state index in [1.807, 2.05) is 0 Å². The summed E-state index contributed by atoms with van der Waals surface area (Å²) in [5, 5.41) is 0. The summed E-state index contributed by atoms with van der Waals surface area (Å²) in [5.41, 5.74) is 11.9. The summed E-state index contributed by atoms with van der Waals surface area (Å²) in [6, 6.07) is 6.56. The van der Waals surface area contributed by atoms with Crippen LogP contribution >= 0.6 is 0 Å². The van der Waals surface area contributed by atoms with Gasteiger partial charge in [0.2, 0.25) is 0 Å². The molecule has 1 nitrogen and oxygen atoms in total. The Kier molecular flexibility index (Phi) is 4.01. The Morgan fingerprint density at radius 1 is 1.12 bits per heavy atom. The second kappa shape index (κ2) is 5.50. The molecule has 2 rings (SSSR count). The fourth-order valence-electron chi connectivity index (χ4n) is 2.63. The Balaban J connectivity index is 2.26. The zero-order valence-corrected chi connectivity index (χ0v) is 11.0. The number of aryl methyl sites for hydroxylation is 1. The molecule has 0 radical (unpaired) electrons. The van der Waals surface area contributed by atoms with Gasteiger partial charge in [-0.2, -0.15) is 0 Å². The first-order chi connectivity index (χ1) is 8.20. The van der Waals surface area contributed by atoms with Gasteiger partial charge in [0.05, 0.1) is 6.04 Å². The molecule has 1 aromatic carbocycles. The van der Waals surface area contributed by atoms with Gasteiger partial charge in [0.15, 0.2) is 0 Å². The summed E-state index contributed by atoms with van der Waals surface area (Å²) in [6.07, 6.45) is 8.72. The molecule has 17 heavy (non-hydrogen) atoms. The molecule has 0 aromatic heterocycles. The summed E-state index contributed by atoms with van der Waals surface area (Å²) in [4.78, 5) is 0. The van der Waals surface area contributed by atoms with E-state index in [9.17, 15) is 0 Å². The molecule has 2 N–H and O–H groups in total. The van der Waals surface area contributed by atoms with Crippen molar-refractivity contribution < 1.29 is 0 Å². The third-order valence-electron chi connectivity index (χ3n) is 3.96. The first kappa shape index (κ1) is 12.4. The van der Waals surface area contributed by atoms with Gasteiger partial charge in [0.1, 0.15) is 0 Å². The van der Waals surface area contributed by atoms with Gasteiger partial charge in [-0.15, -0.1) is 0 Å². The molecule has 0 saturated heterocycles. The Morgan fingerprint density at radius 2 is 1.94 bits per heavy atom. The summed E-state index contributed by atoms with van der Waals surface area (Å²) >= 11 is 0. The third kappa shape index (κ3) is 2.78. The zero-order valence-electron chi connectivity index (χ0n) is 11.0. The Hall–Kier alpha value is -1.08. The molecular weight excluding hydrogens is 206 g/mol. The van der Waals surface area contributed by atoms with Crippen LogP contribution in [0.3, 0.4) is 0 Å². The molecule has 1 heteroatoms. The van der Waals surface area contributed by atoms with Gasteiger partial charge in [0, 0.05) is 0 Å². The van der Waals surface area contributed by atoms with Gasteiger partial charge in [-0.05, 0) is 56.2 Å². The van der Waals surface area contributed by atoms with Crippen LogP contribution in [0, 0.1) is 13.8 Å². The lowest BCUT2D eigenvalue weighted by atomic mass is 9.91. The van der Waals surface area contributed by atoms with Gasteiger partial charge >= 0.3 is 0 Å². The van der Waals surface area contributed by atoms with Crippen molar-refractivity contribution in [2.24, 2.45) is 5.73 Å². The molecule has 1 unspecified atom stereocenters. The van der Waals surface area contributed by atoms with Crippen LogP contribution in [-0.2, 0) is 0 Å². The molecule has 1 aliphatic carbocycles. The van der Waals surface area contributed by atoms with Crippen LogP contribution < -0.4 is 5.73 Å². The van der Waals surface area contributed by atoms with Gasteiger partial charge < -0.3 is 5.73 Å². The van der Waals surface area contributed by atoms with Crippen LogP contribution in [0.5, 0.6) is 0 Å². The molecule has 0 bridgehead atoms. The van der Waals surface area contributed by atoms with Crippen LogP contribution in [0.1, 0.15) is 54.8 Å². The fraction of sp³-hybridized carbons (Fsp3) is 0.500. The van der Waals surface area contributed by atoms with Crippen molar-refractivity contribution >= 4 is 0 Å². The minimum absolute atomic E-state index is 0.105. The van der Waals surface area contributed by atoms with Gasteiger partial charge in [-0.1, -0.05) is 36.3 Å². The zero-order chi connectivity index (χ0) is 12.3. The van der Waals surface area contributed by atoms with Crippen molar-refractivity contribution in [3.8, 4) is 0 Å². The summed E-state index contributed by atoms with van der Waals surface area (Å²) in [6.45, 7) is 4.34. The van der Waals surface area contributed by atoms with E-state index in [4.69, 9.17) is 5.73 Å². The largest absolute Gasteiger partial charge is 0.321 e. The standard InChI is InChI=1S/C16H23N/c1-12-8-7-11-15(13(12)2)16(17)14-9-5-3-4-6-10-14/h7-9,11,16H,3-6,10,17H2,1-2H3. The van der Waals surface area contributed by atoms with Crippen molar-refractivity contribution in [1.29, 1.82) is 0 Å². The van der Waals surface area contributed by atoms with Crippen LogP contribution in [0.4, 0.5) is 0 Å². The second-order valence-corrected chi connectivity index (χ2v) is 5.15. The van der Waals surface area contributed by atoms with E-state index in [1.165, 1.54) is 54.4 Å². The molecule has 1 atom stereocenters. The highest BCUT2D eigenvalue weighted by Crippen LogP contribution is 2.29. The maximum Gasteiger partial charge on any atom is 0.0513 e. The van der Waals surface area contributed by atoms with Crippen molar-refractivity contribution in [1.82, 2.24) is 0 Å². The normalized spacial score (nSPS) is 18.4. The molecular formula is C16H23N. The molecule has 0 amide bonds. The first-order valence-corrected chi connectivity index (χ1v) is 6.71. The number of benzene rings is 1.